The Morgan fingerprint density at radius 3 is 2.80 bits per heavy atom. The van der Waals surface area contributed by atoms with Crippen LogP contribution in [0.3, 0.4) is 0 Å². The van der Waals surface area contributed by atoms with Crippen LogP contribution in [-0.4, -0.2) is 29.2 Å². The molecule has 2 aromatic carbocycles. The van der Waals surface area contributed by atoms with Gasteiger partial charge in [-0.2, -0.15) is 5.11 Å². The summed E-state index contributed by atoms with van der Waals surface area (Å²) in [4.78, 5) is 14.8. The van der Waals surface area contributed by atoms with Gasteiger partial charge in [0.15, 0.2) is 6.61 Å². The third-order valence-electron chi connectivity index (χ3n) is 3.28. The molecule has 0 saturated heterocycles. The Labute approximate surface area is 152 Å². The molecule has 0 radical (unpaired) electrons. The summed E-state index contributed by atoms with van der Waals surface area (Å²) in [5, 5.41) is 18.2. The van der Waals surface area contributed by atoms with Crippen molar-refractivity contribution in [3.63, 3.8) is 0 Å². The van der Waals surface area contributed by atoms with E-state index >= 15 is 0 Å². The second kappa shape index (κ2) is 8.04. The number of fused-ring (bicyclic) bond motifs is 1. The first kappa shape index (κ1) is 17.3. The van der Waals surface area contributed by atoms with Crippen LogP contribution in [0.2, 0.25) is 5.02 Å². The molecule has 1 N–H and O–H groups in total. The lowest BCUT2D eigenvalue weighted by atomic mass is 10.1. The summed E-state index contributed by atoms with van der Waals surface area (Å²) < 4.78 is 6.07. The molecule has 1 heterocycles. The molecule has 128 valence electrons. The molecular weight excluding hydrogens is 362 g/mol. The van der Waals surface area contributed by atoms with Gasteiger partial charge in [-0.3, -0.25) is 0 Å². The Hall–Kier alpha value is -2.51. The third-order valence-corrected chi connectivity index (χ3v) is 4.42. The molecule has 0 atom stereocenters. The summed E-state index contributed by atoms with van der Waals surface area (Å²) >= 11 is 7.40. The highest BCUT2D eigenvalue weighted by molar-refractivity contribution is 7.21. The van der Waals surface area contributed by atoms with Crippen LogP contribution in [-0.2, 0) is 11.2 Å². The lowest BCUT2D eigenvalue weighted by molar-refractivity contribution is -0.139. The Morgan fingerprint density at radius 2 is 2.04 bits per heavy atom. The van der Waals surface area contributed by atoms with Crippen LogP contribution in [0.5, 0.6) is 5.75 Å². The summed E-state index contributed by atoms with van der Waals surface area (Å²) in [6, 6.07) is 12.8. The maximum Gasteiger partial charge on any atom is 0.341 e. The fourth-order valence-electron chi connectivity index (χ4n) is 2.12. The Bertz CT molecular complexity index is 909. The lowest BCUT2D eigenvalue weighted by Gasteiger charge is -2.03. The van der Waals surface area contributed by atoms with Crippen molar-refractivity contribution in [3.05, 3.63) is 53.1 Å². The highest BCUT2D eigenvalue weighted by Crippen LogP contribution is 2.30. The smallest absolute Gasteiger partial charge is 0.341 e. The van der Waals surface area contributed by atoms with Crippen LogP contribution in [0.15, 0.2) is 52.7 Å². The Morgan fingerprint density at radius 1 is 1.24 bits per heavy atom. The van der Waals surface area contributed by atoms with Crippen LogP contribution in [0, 0.1) is 0 Å². The molecule has 0 spiro atoms. The van der Waals surface area contributed by atoms with Gasteiger partial charge >= 0.3 is 5.97 Å². The number of azo groups is 1. The van der Waals surface area contributed by atoms with Crippen molar-refractivity contribution in [1.29, 1.82) is 0 Å². The van der Waals surface area contributed by atoms with Crippen molar-refractivity contribution in [2.45, 2.75) is 6.42 Å². The number of hydrogen-bond acceptors (Lipinski definition) is 6. The van der Waals surface area contributed by atoms with Crippen LogP contribution in [0.25, 0.3) is 10.2 Å². The second-order valence-corrected chi connectivity index (χ2v) is 6.60. The summed E-state index contributed by atoms with van der Waals surface area (Å²) in [6.07, 6.45) is 0.722. The predicted octanol–water partition coefficient (Wildman–Crippen LogP) is 4.74. The van der Waals surface area contributed by atoms with E-state index < -0.39 is 5.97 Å². The van der Waals surface area contributed by atoms with Gasteiger partial charge in [0.25, 0.3) is 0 Å². The molecule has 25 heavy (non-hydrogen) atoms. The third kappa shape index (κ3) is 4.98. The molecule has 3 aromatic rings. The molecule has 0 fully saturated rings. The van der Waals surface area contributed by atoms with Crippen molar-refractivity contribution in [2.75, 3.05) is 13.2 Å². The van der Waals surface area contributed by atoms with Gasteiger partial charge in [0.1, 0.15) is 5.75 Å². The van der Waals surface area contributed by atoms with Crippen LogP contribution >= 0.6 is 22.9 Å². The number of nitrogens with zero attached hydrogens (tertiary/aromatic N) is 3. The zero-order chi connectivity index (χ0) is 17.6. The summed E-state index contributed by atoms with van der Waals surface area (Å²) in [7, 11) is 0. The van der Waals surface area contributed by atoms with E-state index in [0.29, 0.717) is 22.4 Å². The quantitative estimate of drug-likeness (QED) is 0.604. The van der Waals surface area contributed by atoms with E-state index in [-0.39, 0.29) is 6.61 Å². The number of carbonyl (C=O) groups is 1. The Balaban J connectivity index is 1.52. The molecule has 0 aliphatic rings. The fraction of sp³-hybridized carbons (Fsp3) is 0.176. The largest absolute Gasteiger partial charge is 0.482 e. The minimum absolute atomic E-state index is 0.346. The molecule has 1 aromatic heterocycles. The molecule has 6 nitrogen and oxygen atoms in total. The van der Waals surface area contributed by atoms with Crippen LogP contribution in [0.4, 0.5) is 5.13 Å². The maximum absolute atomic E-state index is 10.4. The van der Waals surface area contributed by atoms with Gasteiger partial charge in [0, 0.05) is 5.02 Å². The highest BCUT2D eigenvalue weighted by Gasteiger charge is 2.03. The molecule has 0 amide bonds. The SMILES string of the molecule is O=C(O)COc1ccc(CCN=Nc2nc3ccc(Cl)cc3s2)cc1. The van der Waals surface area contributed by atoms with Crippen molar-refractivity contribution < 1.29 is 14.6 Å². The van der Waals surface area contributed by atoms with Gasteiger partial charge in [-0.1, -0.05) is 35.1 Å². The molecule has 0 aliphatic heterocycles. The van der Waals surface area contributed by atoms with Crippen molar-refractivity contribution in [2.24, 2.45) is 10.2 Å². The van der Waals surface area contributed by atoms with Gasteiger partial charge in [-0.15, -0.1) is 5.11 Å². The number of carboxylic acids is 1. The van der Waals surface area contributed by atoms with Crippen LogP contribution < -0.4 is 4.74 Å². The number of ether oxygens (including phenoxy) is 1. The fourth-order valence-corrected chi connectivity index (χ4v) is 3.20. The molecular formula is C17H14ClN3O3S. The molecule has 0 bridgehead atoms. The first-order valence-corrected chi connectivity index (χ1v) is 8.67. The average molecular weight is 376 g/mol. The lowest BCUT2D eigenvalue weighted by Crippen LogP contribution is -2.09. The number of aliphatic carboxylic acids is 1. The molecule has 0 aliphatic carbocycles. The maximum atomic E-state index is 10.4. The van der Waals surface area contributed by atoms with E-state index in [1.807, 2.05) is 24.3 Å². The van der Waals surface area contributed by atoms with Gasteiger partial charge in [-0.25, -0.2) is 9.78 Å². The van der Waals surface area contributed by atoms with Crippen LogP contribution in [0.1, 0.15) is 5.56 Å². The first-order chi connectivity index (χ1) is 12.1. The van der Waals surface area contributed by atoms with Gasteiger partial charge < -0.3 is 9.84 Å². The minimum Gasteiger partial charge on any atom is -0.482 e. The normalized spacial score (nSPS) is 11.2. The van der Waals surface area contributed by atoms with E-state index in [4.69, 9.17) is 21.4 Å². The van der Waals surface area contributed by atoms with Crippen molar-refractivity contribution in [1.82, 2.24) is 4.98 Å². The molecule has 0 unspecified atom stereocenters. The van der Waals surface area contributed by atoms with E-state index in [1.54, 1.807) is 18.2 Å². The number of halogens is 1. The van der Waals surface area contributed by atoms with Gasteiger partial charge in [-0.05, 0) is 42.3 Å². The number of rotatable bonds is 7. The highest BCUT2D eigenvalue weighted by atomic mass is 35.5. The van der Waals surface area contributed by atoms with Gasteiger partial charge in [0.2, 0.25) is 5.13 Å². The first-order valence-electron chi connectivity index (χ1n) is 7.47. The summed E-state index contributed by atoms with van der Waals surface area (Å²) in [5.74, 6) is -0.470. The zero-order valence-corrected chi connectivity index (χ0v) is 14.6. The molecule has 0 saturated carbocycles. The minimum atomic E-state index is -0.999. The topological polar surface area (TPSA) is 84.1 Å². The summed E-state index contributed by atoms with van der Waals surface area (Å²) in [5.41, 5.74) is 1.93. The standard InChI is InChI=1S/C17H14ClN3O3S/c18-12-3-6-14-15(9-12)25-17(20-14)21-19-8-7-11-1-4-13(5-2-11)24-10-16(22)23/h1-6,9H,7-8,10H2,(H,22,23). The number of hydrogen-bond donors (Lipinski definition) is 1. The van der Waals surface area contributed by atoms with E-state index in [2.05, 4.69) is 15.2 Å². The number of aromatic nitrogens is 1. The molecule has 3 rings (SSSR count). The van der Waals surface area contributed by atoms with Crippen molar-refractivity contribution in [3.8, 4) is 5.75 Å². The van der Waals surface area contributed by atoms with E-state index in [1.165, 1.54) is 11.3 Å². The number of thiazole rings is 1. The van der Waals surface area contributed by atoms with E-state index in [0.717, 1.165) is 22.2 Å². The molecule has 8 heteroatoms. The van der Waals surface area contributed by atoms with Gasteiger partial charge in [0.05, 0.1) is 16.8 Å². The average Bonchev–Trinajstić information content (AvgIpc) is 2.99. The predicted molar refractivity (Wildman–Crippen MR) is 97.3 cm³/mol. The Kier molecular flexibility index (Phi) is 5.57. The summed E-state index contributed by atoms with van der Waals surface area (Å²) in [6.45, 7) is 0.187. The number of carboxylic acid groups (broad SMARTS) is 1. The monoisotopic (exact) mass is 375 g/mol. The second-order valence-electron chi connectivity index (χ2n) is 5.15. The number of benzene rings is 2. The van der Waals surface area contributed by atoms with Crippen molar-refractivity contribution >= 4 is 44.3 Å². The van der Waals surface area contributed by atoms with E-state index in [9.17, 15) is 4.79 Å². The zero-order valence-electron chi connectivity index (χ0n) is 13.1.